The van der Waals surface area contributed by atoms with Crippen LogP contribution in [0.15, 0.2) is 52.4 Å². The summed E-state index contributed by atoms with van der Waals surface area (Å²) < 4.78 is 15.9. The normalized spacial score (nSPS) is 14.4. The van der Waals surface area contributed by atoms with Crippen molar-refractivity contribution in [3.8, 4) is 17.2 Å². The zero-order chi connectivity index (χ0) is 18.0. The maximum Gasteiger partial charge on any atom is 0.203 e. The molecule has 0 saturated carbocycles. The molecule has 0 bridgehead atoms. The lowest BCUT2D eigenvalue weighted by atomic mass is 10.1. The predicted octanol–water partition coefficient (Wildman–Crippen LogP) is 3.98. The van der Waals surface area contributed by atoms with E-state index < -0.39 is 0 Å². The summed E-state index contributed by atoms with van der Waals surface area (Å²) in [7, 11) is 6.54. The van der Waals surface area contributed by atoms with E-state index in [1.807, 2.05) is 36.2 Å². The lowest BCUT2D eigenvalue weighted by molar-refractivity contribution is 0.104. The van der Waals surface area contributed by atoms with Gasteiger partial charge in [-0.15, -0.1) is 0 Å². The molecule has 1 aliphatic rings. The fourth-order valence-corrected chi connectivity index (χ4v) is 3.75. The molecule has 5 nitrogen and oxygen atoms in total. The van der Waals surface area contributed by atoms with Crippen LogP contribution in [0.5, 0.6) is 17.2 Å². The van der Waals surface area contributed by atoms with Crippen molar-refractivity contribution in [1.29, 1.82) is 0 Å². The number of rotatable bonds is 5. The summed E-state index contributed by atoms with van der Waals surface area (Å²) in [5.74, 6) is 1.26. The highest BCUT2D eigenvalue weighted by molar-refractivity contribution is 8.03. The highest BCUT2D eigenvalue weighted by atomic mass is 32.2. The van der Waals surface area contributed by atoms with Gasteiger partial charge in [0.05, 0.1) is 32.0 Å². The molecule has 3 rings (SSSR count). The monoisotopic (exact) mass is 357 g/mol. The maximum atomic E-state index is 12.8. The number of benzene rings is 2. The van der Waals surface area contributed by atoms with E-state index in [0.29, 0.717) is 22.8 Å². The summed E-state index contributed by atoms with van der Waals surface area (Å²) in [5, 5.41) is 0.875. The van der Waals surface area contributed by atoms with Gasteiger partial charge in [-0.1, -0.05) is 23.9 Å². The van der Waals surface area contributed by atoms with Crippen molar-refractivity contribution in [2.45, 2.75) is 4.90 Å². The molecule has 0 spiro atoms. The van der Waals surface area contributed by atoms with E-state index in [1.54, 1.807) is 30.0 Å². The Kier molecular flexibility index (Phi) is 4.90. The number of fused-ring (bicyclic) bond motifs is 1. The number of hydrogen-bond acceptors (Lipinski definition) is 6. The van der Waals surface area contributed by atoms with Gasteiger partial charge in [0.1, 0.15) is 0 Å². The minimum absolute atomic E-state index is 0.124. The number of allylic oxidation sites excluding steroid dienone is 1. The predicted molar refractivity (Wildman–Crippen MR) is 99.2 cm³/mol. The Morgan fingerprint density at radius 1 is 1.04 bits per heavy atom. The zero-order valence-corrected chi connectivity index (χ0v) is 15.3. The molecule has 0 N–H and O–H groups in total. The first-order valence-electron chi connectivity index (χ1n) is 7.65. The quantitative estimate of drug-likeness (QED) is 0.596. The van der Waals surface area contributed by atoms with E-state index >= 15 is 0 Å². The molecular weight excluding hydrogens is 338 g/mol. The second-order valence-electron chi connectivity index (χ2n) is 5.39. The first kappa shape index (κ1) is 17.2. The van der Waals surface area contributed by atoms with E-state index in [4.69, 9.17) is 14.2 Å². The molecule has 0 unspecified atom stereocenters. The number of carbonyl (C=O) groups is 1. The number of thioether (sulfide) groups is 1. The molecule has 0 aromatic heterocycles. The van der Waals surface area contributed by atoms with Crippen molar-refractivity contribution in [3.05, 3.63) is 53.1 Å². The number of ketones is 1. The topological polar surface area (TPSA) is 48.0 Å². The van der Waals surface area contributed by atoms with Gasteiger partial charge >= 0.3 is 0 Å². The minimum Gasteiger partial charge on any atom is -0.493 e. The van der Waals surface area contributed by atoms with Crippen molar-refractivity contribution in [1.82, 2.24) is 0 Å². The summed E-state index contributed by atoms with van der Waals surface area (Å²) >= 11 is 1.57. The molecule has 25 heavy (non-hydrogen) atoms. The molecular formula is C19H19NO4S. The number of para-hydroxylation sites is 1. The van der Waals surface area contributed by atoms with Gasteiger partial charge in [0.25, 0.3) is 0 Å². The molecule has 0 radical (unpaired) electrons. The van der Waals surface area contributed by atoms with Gasteiger partial charge in [0, 0.05) is 23.6 Å². The minimum atomic E-state index is -0.124. The summed E-state index contributed by atoms with van der Waals surface area (Å²) in [6.45, 7) is 0. The fourth-order valence-electron chi connectivity index (χ4n) is 2.67. The molecule has 2 aromatic carbocycles. The number of nitrogens with zero attached hydrogens (tertiary/aromatic N) is 1. The molecule has 1 aliphatic heterocycles. The molecule has 0 amide bonds. The van der Waals surface area contributed by atoms with Crippen LogP contribution in [0.4, 0.5) is 5.69 Å². The first-order valence-corrected chi connectivity index (χ1v) is 8.47. The van der Waals surface area contributed by atoms with Crippen LogP contribution >= 0.6 is 11.8 Å². The molecule has 2 aromatic rings. The third-order valence-corrected chi connectivity index (χ3v) is 5.14. The Morgan fingerprint density at radius 2 is 1.68 bits per heavy atom. The Morgan fingerprint density at radius 3 is 2.24 bits per heavy atom. The van der Waals surface area contributed by atoms with Crippen LogP contribution in [-0.4, -0.2) is 34.2 Å². The SMILES string of the molecule is COc1cc(C(=O)/C=C2/Sc3ccccc3N2C)cc(OC)c1OC. The van der Waals surface area contributed by atoms with Gasteiger partial charge in [0.15, 0.2) is 17.3 Å². The average molecular weight is 357 g/mol. The average Bonchev–Trinajstić information content (AvgIpc) is 2.96. The number of methoxy groups -OCH3 is 3. The van der Waals surface area contributed by atoms with Gasteiger partial charge in [-0.05, 0) is 24.3 Å². The van der Waals surface area contributed by atoms with Crippen LogP contribution in [0.1, 0.15) is 10.4 Å². The molecule has 130 valence electrons. The highest BCUT2D eigenvalue weighted by Gasteiger charge is 2.23. The van der Waals surface area contributed by atoms with Crippen molar-refractivity contribution in [2.24, 2.45) is 0 Å². The van der Waals surface area contributed by atoms with Crippen molar-refractivity contribution < 1.29 is 19.0 Å². The summed E-state index contributed by atoms with van der Waals surface area (Å²) in [6, 6.07) is 11.4. The first-order chi connectivity index (χ1) is 12.1. The molecule has 1 heterocycles. The Balaban J connectivity index is 1.95. The highest BCUT2D eigenvalue weighted by Crippen LogP contribution is 2.45. The Bertz CT molecular complexity index is 822. The number of anilines is 1. The second-order valence-corrected chi connectivity index (χ2v) is 6.45. The van der Waals surface area contributed by atoms with E-state index in [9.17, 15) is 4.79 Å². The standard InChI is InChI=1S/C19H19NO4S/c1-20-13-7-5-6-8-17(13)25-18(20)11-14(21)12-9-15(22-2)19(24-4)16(10-12)23-3/h5-11H,1-4H3/b18-11+. The van der Waals surface area contributed by atoms with Crippen molar-refractivity contribution >= 4 is 23.2 Å². The van der Waals surface area contributed by atoms with Crippen LogP contribution in [0.3, 0.4) is 0 Å². The second kappa shape index (κ2) is 7.11. The van der Waals surface area contributed by atoms with Crippen molar-refractivity contribution in [3.63, 3.8) is 0 Å². The Hall–Kier alpha value is -2.60. The van der Waals surface area contributed by atoms with Gasteiger partial charge in [-0.25, -0.2) is 0 Å². The lowest BCUT2D eigenvalue weighted by Gasteiger charge is -2.14. The smallest absolute Gasteiger partial charge is 0.203 e. The van der Waals surface area contributed by atoms with Gasteiger partial charge < -0.3 is 19.1 Å². The molecule has 0 aliphatic carbocycles. The lowest BCUT2D eigenvalue weighted by Crippen LogP contribution is -2.11. The van der Waals surface area contributed by atoms with Crippen LogP contribution < -0.4 is 19.1 Å². The molecule has 0 fully saturated rings. The van der Waals surface area contributed by atoms with Crippen LogP contribution in [-0.2, 0) is 0 Å². The van der Waals surface area contributed by atoms with E-state index in [2.05, 4.69) is 0 Å². The number of ether oxygens (including phenoxy) is 3. The molecule has 6 heteroatoms. The Labute approximate surface area is 151 Å². The summed E-state index contributed by atoms with van der Waals surface area (Å²) in [6.07, 6.45) is 1.63. The number of hydrogen-bond donors (Lipinski definition) is 0. The van der Waals surface area contributed by atoms with Gasteiger partial charge in [0.2, 0.25) is 5.75 Å². The van der Waals surface area contributed by atoms with Crippen molar-refractivity contribution in [2.75, 3.05) is 33.3 Å². The molecule has 0 saturated heterocycles. The van der Waals surface area contributed by atoms with E-state index in [1.165, 1.54) is 21.3 Å². The maximum absolute atomic E-state index is 12.8. The summed E-state index contributed by atoms with van der Waals surface area (Å²) in [4.78, 5) is 15.9. The van der Waals surface area contributed by atoms with Gasteiger partial charge in [-0.3, -0.25) is 4.79 Å². The largest absolute Gasteiger partial charge is 0.493 e. The van der Waals surface area contributed by atoms with Crippen LogP contribution in [0.25, 0.3) is 0 Å². The van der Waals surface area contributed by atoms with E-state index in [-0.39, 0.29) is 5.78 Å². The fraction of sp³-hybridized carbons (Fsp3) is 0.211. The van der Waals surface area contributed by atoms with E-state index in [0.717, 1.165) is 15.6 Å². The van der Waals surface area contributed by atoms with Gasteiger partial charge in [-0.2, -0.15) is 0 Å². The molecule has 0 atom stereocenters. The summed E-state index contributed by atoms with van der Waals surface area (Å²) in [5.41, 5.74) is 1.57. The van der Waals surface area contributed by atoms with Crippen LogP contribution in [0, 0.1) is 0 Å². The zero-order valence-electron chi connectivity index (χ0n) is 14.5. The third-order valence-electron chi connectivity index (χ3n) is 3.98. The number of carbonyl (C=O) groups excluding carboxylic acids is 1. The van der Waals surface area contributed by atoms with Crippen LogP contribution in [0.2, 0.25) is 0 Å². The third kappa shape index (κ3) is 3.17.